The Hall–Kier alpha value is -2.87. The van der Waals surface area contributed by atoms with Crippen molar-refractivity contribution in [3.8, 4) is 0 Å². The second-order valence-corrected chi connectivity index (χ2v) is 8.56. The average molecular weight is 412 g/mol. The molecule has 0 saturated carbocycles. The van der Waals surface area contributed by atoms with E-state index in [-0.39, 0.29) is 17.4 Å². The van der Waals surface area contributed by atoms with Gasteiger partial charge >= 0.3 is 0 Å². The Kier molecular flexibility index (Phi) is 5.04. The van der Waals surface area contributed by atoms with E-state index >= 15 is 0 Å². The lowest BCUT2D eigenvalue weighted by Gasteiger charge is -2.33. The van der Waals surface area contributed by atoms with Gasteiger partial charge in [-0.1, -0.05) is 0 Å². The van der Waals surface area contributed by atoms with E-state index < -0.39 is 11.7 Å². The zero-order valence-corrected chi connectivity index (χ0v) is 17.1. The molecule has 0 radical (unpaired) electrons. The Balaban J connectivity index is 1.69. The molecule has 0 aliphatic carbocycles. The number of benzene rings is 1. The minimum Gasteiger partial charge on any atom is -0.366 e. The molecule has 1 aromatic carbocycles. The van der Waals surface area contributed by atoms with Crippen LogP contribution in [0.25, 0.3) is 10.9 Å². The third-order valence-corrected chi connectivity index (χ3v) is 6.33. The van der Waals surface area contributed by atoms with Gasteiger partial charge in [-0.3, -0.25) is 14.6 Å². The van der Waals surface area contributed by atoms with Crippen molar-refractivity contribution >= 4 is 34.1 Å². The van der Waals surface area contributed by atoms with Crippen molar-refractivity contribution < 1.29 is 14.0 Å². The number of fused-ring (bicyclic) bond motifs is 1. The first-order chi connectivity index (χ1) is 13.8. The minimum atomic E-state index is -0.601. The zero-order valence-electron chi connectivity index (χ0n) is 16.2. The molecule has 3 aromatic rings. The second kappa shape index (κ2) is 7.51. The Morgan fingerprint density at radius 1 is 1.24 bits per heavy atom. The lowest BCUT2D eigenvalue weighted by atomic mass is 9.90. The molecule has 1 aliphatic rings. The van der Waals surface area contributed by atoms with Crippen LogP contribution in [-0.4, -0.2) is 39.8 Å². The second-order valence-electron chi connectivity index (χ2n) is 7.36. The van der Waals surface area contributed by atoms with Crippen LogP contribution in [0.5, 0.6) is 0 Å². The molecule has 29 heavy (non-hydrogen) atoms. The van der Waals surface area contributed by atoms with E-state index in [2.05, 4.69) is 9.97 Å². The summed E-state index contributed by atoms with van der Waals surface area (Å²) in [4.78, 5) is 36.5. The molecule has 1 aliphatic heterocycles. The Morgan fingerprint density at radius 2 is 2.03 bits per heavy atom. The SMILES string of the molecule is Cc1nc(C)c(C(=O)N2CCCC(c3nc4ccc(F)cc4cc3C(N)=O)C2)s1. The minimum absolute atomic E-state index is 0.0405. The highest BCUT2D eigenvalue weighted by Crippen LogP contribution is 2.31. The first-order valence-corrected chi connectivity index (χ1v) is 10.3. The van der Waals surface area contributed by atoms with Gasteiger partial charge in [0.05, 0.1) is 27.5 Å². The van der Waals surface area contributed by atoms with E-state index in [1.165, 1.54) is 23.5 Å². The molecular weight excluding hydrogens is 391 g/mol. The lowest BCUT2D eigenvalue weighted by Crippen LogP contribution is -2.39. The summed E-state index contributed by atoms with van der Waals surface area (Å²) in [5, 5.41) is 1.39. The fourth-order valence-electron chi connectivity index (χ4n) is 3.93. The van der Waals surface area contributed by atoms with Crippen LogP contribution in [0.1, 0.15) is 55.2 Å². The van der Waals surface area contributed by atoms with E-state index in [1.807, 2.05) is 13.8 Å². The van der Waals surface area contributed by atoms with Crippen LogP contribution in [0.4, 0.5) is 4.39 Å². The van der Waals surface area contributed by atoms with Crippen molar-refractivity contribution in [1.82, 2.24) is 14.9 Å². The molecule has 0 spiro atoms. The van der Waals surface area contributed by atoms with Gasteiger partial charge in [-0.05, 0) is 51.0 Å². The monoisotopic (exact) mass is 412 g/mol. The van der Waals surface area contributed by atoms with Gasteiger partial charge < -0.3 is 10.6 Å². The average Bonchev–Trinajstić information content (AvgIpc) is 3.04. The van der Waals surface area contributed by atoms with Gasteiger partial charge in [-0.2, -0.15) is 0 Å². The molecule has 2 amide bonds. The molecule has 6 nitrogen and oxygen atoms in total. The molecule has 1 saturated heterocycles. The van der Waals surface area contributed by atoms with Gasteiger partial charge in [-0.25, -0.2) is 9.37 Å². The summed E-state index contributed by atoms with van der Waals surface area (Å²) < 4.78 is 13.6. The van der Waals surface area contributed by atoms with Crippen LogP contribution in [0, 0.1) is 19.7 Å². The summed E-state index contributed by atoms with van der Waals surface area (Å²) in [5.41, 5.74) is 7.80. The normalized spacial score (nSPS) is 16.9. The van der Waals surface area contributed by atoms with Gasteiger partial charge in [0.1, 0.15) is 10.7 Å². The highest BCUT2D eigenvalue weighted by Gasteiger charge is 2.30. The number of primary amides is 1. The van der Waals surface area contributed by atoms with Crippen LogP contribution < -0.4 is 5.73 Å². The predicted octanol–water partition coefficient (Wildman–Crippen LogP) is 3.57. The van der Waals surface area contributed by atoms with Crippen molar-refractivity contribution in [3.05, 3.63) is 56.9 Å². The largest absolute Gasteiger partial charge is 0.366 e. The number of aromatic nitrogens is 2. The van der Waals surface area contributed by atoms with E-state index in [1.54, 1.807) is 17.0 Å². The number of carbonyl (C=O) groups is 2. The summed E-state index contributed by atoms with van der Waals surface area (Å²) in [6.45, 7) is 4.83. The number of carbonyl (C=O) groups excluding carboxylic acids is 2. The number of aryl methyl sites for hydroxylation is 2. The molecule has 150 valence electrons. The number of amides is 2. The molecule has 0 bridgehead atoms. The van der Waals surface area contributed by atoms with Crippen LogP contribution in [0.15, 0.2) is 24.3 Å². The number of nitrogens with two attached hydrogens (primary N) is 1. The topological polar surface area (TPSA) is 89.2 Å². The quantitative estimate of drug-likeness (QED) is 0.712. The molecule has 2 N–H and O–H groups in total. The molecule has 4 rings (SSSR count). The Bertz CT molecular complexity index is 1130. The maximum Gasteiger partial charge on any atom is 0.265 e. The highest BCUT2D eigenvalue weighted by molar-refractivity contribution is 7.13. The molecule has 3 heterocycles. The smallest absolute Gasteiger partial charge is 0.265 e. The van der Waals surface area contributed by atoms with Crippen LogP contribution in [0.2, 0.25) is 0 Å². The molecule has 8 heteroatoms. The number of hydrogen-bond acceptors (Lipinski definition) is 5. The van der Waals surface area contributed by atoms with E-state index in [0.717, 1.165) is 23.5 Å². The van der Waals surface area contributed by atoms with Crippen molar-refractivity contribution in [2.45, 2.75) is 32.6 Å². The Labute approximate surface area is 171 Å². The van der Waals surface area contributed by atoms with Gasteiger partial charge in [-0.15, -0.1) is 11.3 Å². The van der Waals surface area contributed by atoms with Crippen molar-refractivity contribution in [2.24, 2.45) is 5.73 Å². The first kappa shape index (κ1) is 19.4. The summed E-state index contributed by atoms with van der Waals surface area (Å²) >= 11 is 1.40. The number of rotatable bonds is 3. The standard InChI is InChI=1S/C21H21FN4O2S/c1-11-19(29-12(2)24-11)21(28)26-7-3-4-13(10-26)18-16(20(23)27)9-14-8-15(22)5-6-17(14)25-18/h5-6,8-9,13H,3-4,7,10H2,1-2H3,(H2,23,27). The number of nitrogens with zero attached hydrogens (tertiary/aromatic N) is 3. The molecule has 1 fully saturated rings. The zero-order chi connectivity index (χ0) is 20.7. The summed E-state index contributed by atoms with van der Waals surface area (Å²) in [5.74, 6) is -1.15. The third-order valence-electron chi connectivity index (χ3n) is 5.26. The first-order valence-electron chi connectivity index (χ1n) is 9.47. The number of likely N-dealkylation sites (tertiary alicyclic amines) is 1. The fourth-order valence-corrected chi connectivity index (χ4v) is 4.82. The Morgan fingerprint density at radius 3 is 2.72 bits per heavy atom. The van der Waals surface area contributed by atoms with E-state index in [4.69, 9.17) is 5.73 Å². The molecular formula is C21H21FN4O2S. The van der Waals surface area contributed by atoms with Crippen molar-refractivity contribution in [1.29, 1.82) is 0 Å². The predicted molar refractivity (Wildman–Crippen MR) is 110 cm³/mol. The van der Waals surface area contributed by atoms with Crippen LogP contribution in [0.3, 0.4) is 0 Å². The number of piperidine rings is 1. The maximum absolute atomic E-state index is 13.6. The number of pyridine rings is 1. The lowest BCUT2D eigenvalue weighted by molar-refractivity contribution is 0.0710. The van der Waals surface area contributed by atoms with E-state index in [9.17, 15) is 14.0 Å². The third kappa shape index (κ3) is 3.72. The van der Waals surface area contributed by atoms with Gasteiger partial charge in [0.25, 0.3) is 11.8 Å². The van der Waals surface area contributed by atoms with Crippen molar-refractivity contribution in [2.75, 3.05) is 13.1 Å². The summed E-state index contributed by atoms with van der Waals surface area (Å²) in [6, 6.07) is 5.87. The van der Waals surface area contributed by atoms with Crippen molar-refractivity contribution in [3.63, 3.8) is 0 Å². The van der Waals surface area contributed by atoms with Crippen LogP contribution >= 0.6 is 11.3 Å². The van der Waals surface area contributed by atoms with Crippen LogP contribution in [-0.2, 0) is 0 Å². The van der Waals surface area contributed by atoms with Gasteiger partial charge in [0.15, 0.2) is 0 Å². The summed E-state index contributed by atoms with van der Waals surface area (Å²) in [6.07, 6.45) is 1.60. The number of halogens is 1. The van der Waals surface area contributed by atoms with Gasteiger partial charge in [0, 0.05) is 24.4 Å². The molecule has 1 atom stereocenters. The molecule has 1 unspecified atom stereocenters. The summed E-state index contributed by atoms with van der Waals surface area (Å²) in [7, 11) is 0. The highest BCUT2D eigenvalue weighted by atomic mass is 32.1. The van der Waals surface area contributed by atoms with E-state index in [0.29, 0.717) is 34.6 Å². The fraction of sp³-hybridized carbons (Fsp3) is 0.333. The molecule has 2 aromatic heterocycles. The number of thiazole rings is 1. The maximum atomic E-state index is 13.6. The van der Waals surface area contributed by atoms with Gasteiger partial charge in [0.2, 0.25) is 0 Å². The number of hydrogen-bond donors (Lipinski definition) is 1.